The van der Waals surface area contributed by atoms with Gasteiger partial charge in [0.1, 0.15) is 5.60 Å². The first-order valence-electron chi connectivity index (χ1n) is 7.94. The first kappa shape index (κ1) is 17.3. The molecule has 0 aliphatic heterocycles. The van der Waals surface area contributed by atoms with Crippen molar-refractivity contribution in [3.05, 3.63) is 17.5 Å². The molecule has 1 aromatic rings. The molecule has 1 aliphatic rings. The van der Waals surface area contributed by atoms with Crippen LogP contribution in [0.1, 0.15) is 56.3 Å². The van der Waals surface area contributed by atoms with Gasteiger partial charge in [-0.2, -0.15) is 0 Å². The van der Waals surface area contributed by atoms with E-state index in [4.69, 9.17) is 9.26 Å². The molecular formula is C16H25N3O4. The Morgan fingerprint density at radius 3 is 2.74 bits per heavy atom. The fraction of sp³-hybridized carbons (Fsp3) is 0.688. The minimum absolute atomic E-state index is 0.0966. The van der Waals surface area contributed by atoms with Crippen LogP contribution in [0.2, 0.25) is 0 Å². The van der Waals surface area contributed by atoms with Gasteiger partial charge in [0.25, 0.3) is 5.91 Å². The van der Waals surface area contributed by atoms with Crippen LogP contribution >= 0.6 is 0 Å². The molecule has 2 atom stereocenters. The Kier molecular flexibility index (Phi) is 5.28. The lowest BCUT2D eigenvalue weighted by Crippen LogP contribution is -2.38. The van der Waals surface area contributed by atoms with Gasteiger partial charge in [0.05, 0.1) is 5.69 Å². The summed E-state index contributed by atoms with van der Waals surface area (Å²) in [6.45, 7) is 7.84. The zero-order valence-corrected chi connectivity index (χ0v) is 14.1. The van der Waals surface area contributed by atoms with E-state index in [1.54, 1.807) is 13.0 Å². The van der Waals surface area contributed by atoms with Crippen molar-refractivity contribution in [1.82, 2.24) is 15.8 Å². The Bertz CT molecular complexity index is 562. The zero-order valence-electron chi connectivity index (χ0n) is 14.1. The monoisotopic (exact) mass is 323 g/mol. The summed E-state index contributed by atoms with van der Waals surface area (Å²) in [5.74, 6) is 0.306. The van der Waals surface area contributed by atoms with Crippen LogP contribution in [0.15, 0.2) is 10.6 Å². The summed E-state index contributed by atoms with van der Waals surface area (Å²) in [4.78, 5) is 23.6. The number of carbonyl (C=O) groups is 2. The summed E-state index contributed by atoms with van der Waals surface area (Å²) in [7, 11) is 0. The molecule has 128 valence electrons. The van der Waals surface area contributed by atoms with E-state index in [1.165, 1.54) is 0 Å². The number of nitrogens with one attached hydrogen (secondary N) is 2. The lowest BCUT2D eigenvalue weighted by atomic mass is 10.1. The SMILES string of the molecule is Cc1cc(C(=O)NC[C@@H]2CC[C@H](NC(=O)OC(C)(C)C)C2)on1. The first-order valence-corrected chi connectivity index (χ1v) is 7.94. The highest BCUT2D eigenvalue weighted by Crippen LogP contribution is 2.25. The Morgan fingerprint density at radius 1 is 1.39 bits per heavy atom. The second-order valence-corrected chi connectivity index (χ2v) is 7.06. The van der Waals surface area contributed by atoms with Gasteiger partial charge in [-0.15, -0.1) is 0 Å². The summed E-state index contributed by atoms with van der Waals surface area (Å²) in [5.41, 5.74) is 0.184. The lowest BCUT2D eigenvalue weighted by molar-refractivity contribution is 0.0504. The summed E-state index contributed by atoms with van der Waals surface area (Å²) < 4.78 is 10.2. The normalized spacial score (nSPS) is 21.0. The van der Waals surface area contributed by atoms with Gasteiger partial charge in [-0.3, -0.25) is 4.79 Å². The topological polar surface area (TPSA) is 93.5 Å². The smallest absolute Gasteiger partial charge is 0.407 e. The van der Waals surface area contributed by atoms with Crippen LogP contribution in [-0.4, -0.2) is 35.3 Å². The lowest BCUT2D eigenvalue weighted by Gasteiger charge is -2.21. The maximum atomic E-state index is 11.9. The second kappa shape index (κ2) is 7.02. The molecule has 7 nitrogen and oxygen atoms in total. The van der Waals surface area contributed by atoms with Gasteiger partial charge in [0, 0.05) is 18.7 Å². The zero-order chi connectivity index (χ0) is 17.0. The van der Waals surface area contributed by atoms with E-state index in [1.807, 2.05) is 20.8 Å². The van der Waals surface area contributed by atoms with Gasteiger partial charge in [-0.25, -0.2) is 4.79 Å². The fourth-order valence-electron chi connectivity index (χ4n) is 2.66. The number of hydrogen-bond donors (Lipinski definition) is 2. The minimum atomic E-state index is -0.495. The molecule has 2 rings (SSSR count). The number of aromatic nitrogens is 1. The third-order valence-electron chi connectivity index (χ3n) is 3.67. The van der Waals surface area contributed by atoms with Crippen molar-refractivity contribution in [1.29, 1.82) is 0 Å². The Labute approximate surface area is 136 Å². The van der Waals surface area contributed by atoms with Crippen molar-refractivity contribution in [2.45, 2.75) is 58.6 Å². The number of ether oxygens (including phenoxy) is 1. The van der Waals surface area contributed by atoms with Crippen LogP contribution in [0.25, 0.3) is 0 Å². The second-order valence-electron chi connectivity index (χ2n) is 7.06. The maximum Gasteiger partial charge on any atom is 0.407 e. The highest BCUT2D eigenvalue weighted by atomic mass is 16.6. The highest BCUT2D eigenvalue weighted by Gasteiger charge is 2.28. The molecule has 1 fully saturated rings. The van der Waals surface area contributed by atoms with E-state index in [0.29, 0.717) is 18.2 Å². The average molecular weight is 323 g/mol. The Hall–Kier alpha value is -2.05. The van der Waals surface area contributed by atoms with Crippen molar-refractivity contribution < 1.29 is 18.8 Å². The van der Waals surface area contributed by atoms with E-state index < -0.39 is 5.60 Å². The molecule has 23 heavy (non-hydrogen) atoms. The van der Waals surface area contributed by atoms with Gasteiger partial charge in [-0.05, 0) is 52.9 Å². The largest absolute Gasteiger partial charge is 0.444 e. The van der Waals surface area contributed by atoms with E-state index in [2.05, 4.69) is 15.8 Å². The van der Waals surface area contributed by atoms with Crippen molar-refractivity contribution in [3.63, 3.8) is 0 Å². The van der Waals surface area contributed by atoms with Crippen LogP contribution in [0.3, 0.4) is 0 Å². The van der Waals surface area contributed by atoms with Crippen LogP contribution < -0.4 is 10.6 Å². The van der Waals surface area contributed by atoms with Crippen LogP contribution in [0.4, 0.5) is 4.79 Å². The average Bonchev–Trinajstić information content (AvgIpc) is 3.03. The third-order valence-corrected chi connectivity index (χ3v) is 3.67. The predicted molar refractivity (Wildman–Crippen MR) is 84.1 cm³/mol. The molecule has 2 N–H and O–H groups in total. The molecular weight excluding hydrogens is 298 g/mol. The number of nitrogens with zero attached hydrogens (tertiary/aromatic N) is 1. The summed E-state index contributed by atoms with van der Waals surface area (Å²) in [6.07, 6.45) is 2.29. The maximum absolute atomic E-state index is 11.9. The van der Waals surface area contributed by atoms with Crippen molar-refractivity contribution in [3.8, 4) is 0 Å². The molecule has 1 aromatic heterocycles. The Morgan fingerprint density at radius 2 is 2.13 bits per heavy atom. The Balaban J connectivity index is 1.71. The molecule has 0 bridgehead atoms. The number of hydrogen-bond acceptors (Lipinski definition) is 5. The minimum Gasteiger partial charge on any atom is -0.444 e. The first-order chi connectivity index (χ1) is 10.7. The number of carbonyl (C=O) groups excluding carboxylic acids is 2. The molecule has 2 amide bonds. The molecule has 7 heteroatoms. The summed E-state index contributed by atoms with van der Waals surface area (Å²) in [5, 5.41) is 9.43. The van der Waals surface area contributed by atoms with Crippen LogP contribution in [0.5, 0.6) is 0 Å². The molecule has 0 aromatic carbocycles. The number of rotatable bonds is 4. The molecule has 0 spiro atoms. The number of aryl methyl sites for hydroxylation is 1. The van der Waals surface area contributed by atoms with Crippen LogP contribution in [0, 0.1) is 12.8 Å². The number of amides is 2. The predicted octanol–water partition coefficient (Wildman–Crippen LogP) is 2.41. The standard InChI is InChI=1S/C16H25N3O4/c1-10-7-13(23-19-10)14(20)17-9-11-5-6-12(8-11)18-15(21)22-16(2,3)4/h7,11-12H,5-6,8-9H2,1-4H3,(H,17,20)(H,18,21)/t11-,12+/m1/s1. The van der Waals surface area contributed by atoms with E-state index in [-0.39, 0.29) is 23.8 Å². The van der Waals surface area contributed by atoms with E-state index in [0.717, 1.165) is 19.3 Å². The fourth-order valence-corrected chi connectivity index (χ4v) is 2.66. The van der Waals surface area contributed by atoms with Gasteiger partial charge in [0.2, 0.25) is 5.76 Å². The van der Waals surface area contributed by atoms with Crippen molar-refractivity contribution in [2.75, 3.05) is 6.54 Å². The molecule has 1 heterocycles. The van der Waals surface area contributed by atoms with Gasteiger partial charge < -0.3 is 19.9 Å². The third kappa shape index (κ3) is 5.58. The quantitative estimate of drug-likeness (QED) is 0.887. The molecule has 0 unspecified atom stereocenters. The summed E-state index contributed by atoms with van der Waals surface area (Å²) in [6, 6.07) is 1.70. The van der Waals surface area contributed by atoms with Gasteiger partial charge in [-0.1, -0.05) is 5.16 Å². The molecule has 1 aliphatic carbocycles. The molecule has 0 radical (unpaired) electrons. The van der Waals surface area contributed by atoms with Gasteiger partial charge >= 0.3 is 6.09 Å². The van der Waals surface area contributed by atoms with Crippen LogP contribution in [-0.2, 0) is 4.74 Å². The van der Waals surface area contributed by atoms with Gasteiger partial charge in [0.15, 0.2) is 0 Å². The van der Waals surface area contributed by atoms with E-state index >= 15 is 0 Å². The van der Waals surface area contributed by atoms with Crippen molar-refractivity contribution >= 4 is 12.0 Å². The van der Waals surface area contributed by atoms with E-state index in [9.17, 15) is 9.59 Å². The summed E-state index contributed by atoms with van der Waals surface area (Å²) >= 11 is 0. The highest BCUT2D eigenvalue weighted by molar-refractivity contribution is 5.91. The number of alkyl carbamates (subject to hydrolysis) is 1. The molecule has 0 saturated heterocycles. The molecule has 1 saturated carbocycles. The van der Waals surface area contributed by atoms with Crippen molar-refractivity contribution in [2.24, 2.45) is 5.92 Å².